The van der Waals surface area contributed by atoms with Gasteiger partial charge in [-0.25, -0.2) is 4.98 Å². The Morgan fingerprint density at radius 3 is 2.94 bits per heavy atom. The van der Waals surface area contributed by atoms with Crippen LogP contribution < -0.4 is 5.32 Å². The van der Waals surface area contributed by atoms with Gasteiger partial charge in [0.2, 0.25) is 0 Å². The Labute approximate surface area is 104 Å². The summed E-state index contributed by atoms with van der Waals surface area (Å²) in [6, 6.07) is 2.02. The molecule has 1 N–H and O–H groups in total. The molecule has 16 heavy (non-hydrogen) atoms. The number of halogens is 1. The summed E-state index contributed by atoms with van der Waals surface area (Å²) in [5.74, 6) is 0. The zero-order chi connectivity index (χ0) is 11.5. The molecule has 0 bridgehead atoms. The third kappa shape index (κ3) is 2.29. The van der Waals surface area contributed by atoms with Gasteiger partial charge in [-0.1, -0.05) is 18.5 Å². The molecule has 1 atom stereocenters. The highest BCUT2D eigenvalue weighted by Crippen LogP contribution is 2.31. The van der Waals surface area contributed by atoms with Gasteiger partial charge in [0.15, 0.2) is 0 Å². The third-order valence-corrected chi connectivity index (χ3v) is 3.76. The maximum Gasteiger partial charge on any atom is 0.0947 e. The van der Waals surface area contributed by atoms with Crippen molar-refractivity contribution in [1.29, 1.82) is 0 Å². The standard InChI is InChI=1S/C11H14ClN3S/c1-3-13-10(9-6-15(2)7-14-9)11-8(12)4-5-16-11/h4-7,10,13H,3H2,1-2H3. The second kappa shape index (κ2) is 4.99. The van der Waals surface area contributed by atoms with E-state index in [1.807, 2.05) is 29.3 Å². The average molecular weight is 256 g/mol. The summed E-state index contributed by atoms with van der Waals surface area (Å²) in [6.45, 7) is 2.97. The minimum atomic E-state index is 0.0960. The van der Waals surface area contributed by atoms with Crippen molar-refractivity contribution >= 4 is 22.9 Å². The molecule has 0 amide bonds. The van der Waals surface area contributed by atoms with Gasteiger partial charge in [0, 0.05) is 18.1 Å². The van der Waals surface area contributed by atoms with Gasteiger partial charge in [-0.15, -0.1) is 11.3 Å². The average Bonchev–Trinajstić information content (AvgIpc) is 2.84. The van der Waals surface area contributed by atoms with E-state index in [2.05, 4.69) is 17.2 Å². The van der Waals surface area contributed by atoms with Crippen molar-refractivity contribution in [1.82, 2.24) is 14.9 Å². The minimum absolute atomic E-state index is 0.0960. The monoisotopic (exact) mass is 255 g/mol. The van der Waals surface area contributed by atoms with Crippen molar-refractivity contribution in [3.05, 3.63) is 39.6 Å². The lowest BCUT2D eigenvalue weighted by Crippen LogP contribution is -2.21. The second-order valence-electron chi connectivity index (χ2n) is 3.59. The summed E-state index contributed by atoms with van der Waals surface area (Å²) >= 11 is 7.82. The Kier molecular flexibility index (Phi) is 3.63. The fourth-order valence-electron chi connectivity index (χ4n) is 1.63. The van der Waals surface area contributed by atoms with E-state index in [0.29, 0.717) is 0 Å². The summed E-state index contributed by atoms with van der Waals surface area (Å²) in [7, 11) is 1.97. The predicted octanol–water partition coefficient (Wildman–Crippen LogP) is 2.83. The van der Waals surface area contributed by atoms with Gasteiger partial charge in [0.05, 0.1) is 23.1 Å². The molecular weight excluding hydrogens is 242 g/mol. The molecule has 0 saturated heterocycles. The molecule has 5 heteroatoms. The van der Waals surface area contributed by atoms with Crippen LogP contribution in [0.25, 0.3) is 0 Å². The maximum atomic E-state index is 6.16. The fraction of sp³-hybridized carbons (Fsp3) is 0.364. The van der Waals surface area contributed by atoms with E-state index in [4.69, 9.17) is 11.6 Å². The number of nitrogens with zero attached hydrogens (tertiary/aromatic N) is 2. The highest BCUT2D eigenvalue weighted by molar-refractivity contribution is 7.10. The minimum Gasteiger partial charge on any atom is -0.340 e. The molecule has 0 aliphatic carbocycles. The van der Waals surface area contributed by atoms with Crippen molar-refractivity contribution in [2.45, 2.75) is 13.0 Å². The van der Waals surface area contributed by atoms with Crippen LogP contribution in [0.3, 0.4) is 0 Å². The number of aryl methyl sites for hydroxylation is 1. The molecule has 0 saturated carbocycles. The Bertz CT molecular complexity index is 463. The highest BCUT2D eigenvalue weighted by atomic mass is 35.5. The smallest absolute Gasteiger partial charge is 0.0947 e. The van der Waals surface area contributed by atoms with Gasteiger partial charge in [0.25, 0.3) is 0 Å². The Morgan fingerprint density at radius 1 is 1.62 bits per heavy atom. The summed E-state index contributed by atoms with van der Waals surface area (Å²) in [6.07, 6.45) is 3.82. The van der Waals surface area contributed by atoms with Crippen molar-refractivity contribution in [3.63, 3.8) is 0 Å². The molecule has 2 heterocycles. The molecule has 0 radical (unpaired) electrons. The van der Waals surface area contributed by atoms with E-state index < -0.39 is 0 Å². The largest absolute Gasteiger partial charge is 0.340 e. The second-order valence-corrected chi connectivity index (χ2v) is 4.94. The van der Waals surface area contributed by atoms with Gasteiger partial charge < -0.3 is 9.88 Å². The summed E-state index contributed by atoms with van der Waals surface area (Å²) < 4.78 is 1.95. The molecule has 0 spiro atoms. The topological polar surface area (TPSA) is 29.9 Å². The van der Waals surface area contributed by atoms with Crippen LogP contribution in [0.4, 0.5) is 0 Å². The molecule has 1 unspecified atom stereocenters. The van der Waals surface area contributed by atoms with Crippen molar-refractivity contribution in [2.75, 3.05) is 6.54 Å². The highest BCUT2D eigenvalue weighted by Gasteiger charge is 2.19. The molecule has 0 aliphatic heterocycles. The van der Waals surface area contributed by atoms with E-state index in [1.54, 1.807) is 17.7 Å². The molecule has 2 aromatic rings. The molecule has 0 aliphatic rings. The molecule has 2 rings (SSSR count). The first-order valence-corrected chi connectivity index (χ1v) is 6.42. The number of hydrogen-bond acceptors (Lipinski definition) is 3. The zero-order valence-corrected chi connectivity index (χ0v) is 10.8. The normalized spacial score (nSPS) is 12.9. The van der Waals surface area contributed by atoms with Gasteiger partial charge in [-0.05, 0) is 18.0 Å². The van der Waals surface area contributed by atoms with Crippen LogP contribution in [0.1, 0.15) is 23.5 Å². The van der Waals surface area contributed by atoms with E-state index >= 15 is 0 Å². The van der Waals surface area contributed by atoms with Crippen molar-refractivity contribution in [3.8, 4) is 0 Å². The fourth-order valence-corrected chi connectivity index (χ4v) is 2.88. The van der Waals surface area contributed by atoms with Crippen LogP contribution in [0.15, 0.2) is 24.0 Å². The number of nitrogens with one attached hydrogen (secondary N) is 1. The first kappa shape index (κ1) is 11.6. The Balaban J connectivity index is 2.34. The SMILES string of the molecule is CCNC(c1cn(C)cn1)c1sccc1Cl. The summed E-state index contributed by atoms with van der Waals surface area (Å²) in [5, 5.41) is 6.22. The quantitative estimate of drug-likeness (QED) is 0.911. The van der Waals surface area contributed by atoms with Gasteiger partial charge in [0.1, 0.15) is 0 Å². The van der Waals surface area contributed by atoms with Gasteiger partial charge in [-0.3, -0.25) is 0 Å². The van der Waals surface area contributed by atoms with Crippen molar-refractivity contribution in [2.24, 2.45) is 7.05 Å². The van der Waals surface area contributed by atoms with Gasteiger partial charge >= 0.3 is 0 Å². The van der Waals surface area contributed by atoms with E-state index in [1.165, 1.54) is 0 Å². The number of hydrogen-bond donors (Lipinski definition) is 1. The zero-order valence-electron chi connectivity index (χ0n) is 9.27. The summed E-state index contributed by atoms with van der Waals surface area (Å²) in [4.78, 5) is 5.51. The van der Waals surface area contributed by atoms with Crippen LogP contribution in [0, 0.1) is 0 Å². The van der Waals surface area contributed by atoms with Gasteiger partial charge in [-0.2, -0.15) is 0 Å². The molecule has 86 valence electrons. The first-order valence-electron chi connectivity index (χ1n) is 5.16. The lowest BCUT2D eigenvalue weighted by Gasteiger charge is -2.14. The Hall–Kier alpha value is -0.840. The molecule has 0 fully saturated rings. The van der Waals surface area contributed by atoms with Crippen LogP contribution in [0.5, 0.6) is 0 Å². The maximum absolute atomic E-state index is 6.16. The van der Waals surface area contributed by atoms with E-state index in [0.717, 1.165) is 22.1 Å². The molecular formula is C11H14ClN3S. The first-order chi connectivity index (χ1) is 7.72. The van der Waals surface area contributed by atoms with Crippen LogP contribution in [-0.4, -0.2) is 16.1 Å². The van der Waals surface area contributed by atoms with Crippen LogP contribution >= 0.6 is 22.9 Å². The number of aromatic nitrogens is 2. The van der Waals surface area contributed by atoms with E-state index in [9.17, 15) is 0 Å². The molecule has 3 nitrogen and oxygen atoms in total. The van der Waals surface area contributed by atoms with Crippen molar-refractivity contribution < 1.29 is 0 Å². The van der Waals surface area contributed by atoms with E-state index in [-0.39, 0.29) is 6.04 Å². The molecule has 0 aromatic carbocycles. The number of imidazole rings is 1. The Morgan fingerprint density at radius 2 is 2.44 bits per heavy atom. The summed E-state index contributed by atoms with van der Waals surface area (Å²) in [5.41, 5.74) is 1.01. The van der Waals surface area contributed by atoms with Crippen LogP contribution in [-0.2, 0) is 7.05 Å². The van der Waals surface area contributed by atoms with Crippen LogP contribution in [0.2, 0.25) is 5.02 Å². The lowest BCUT2D eigenvalue weighted by molar-refractivity contribution is 0.626. The predicted molar refractivity (Wildman–Crippen MR) is 68.1 cm³/mol. The number of rotatable bonds is 4. The lowest BCUT2D eigenvalue weighted by atomic mass is 10.2. The third-order valence-electron chi connectivity index (χ3n) is 2.34. The number of thiophene rings is 1. The molecule has 2 aromatic heterocycles.